The molecule has 0 bridgehead atoms. The van der Waals surface area contributed by atoms with E-state index in [-0.39, 0.29) is 5.82 Å². The van der Waals surface area contributed by atoms with Gasteiger partial charge in [0.15, 0.2) is 0 Å². The SMILES string of the molecule is Cc1ccccc1[C@@H]1Oc2ccc(Cl)cc2C2=C1[C@@H](c1ccccc1F)n1ncnc1N2. The van der Waals surface area contributed by atoms with Crippen LogP contribution in [0.4, 0.5) is 10.3 Å². The summed E-state index contributed by atoms with van der Waals surface area (Å²) >= 11 is 6.35. The molecular weight excluding hydrogens is 427 g/mol. The van der Waals surface area contributed by atoms with Crippen LogP contribution in [0.5, 0.6) is 5.75 Å². The van der Waals surface area contributed by atoms with Gasteiger partial charge in [0.25, 0.3) is 0 Å². The minimum absolute atomic E-state index is 0.312. The first-order chi connectivity index (χ1) is 15.6. The molecule has 2 aliphatic heterocycles. The Hall–Kier alpha value is -3.64. The number of nitrogens with one attached hydrogen (secondary N) is 1. The van der Waals surface area contributed by atoms with Crippen molar-refractivity contribution in [3.8, 4) is 5.75 Å². The lowest BCUT2D eigenvalue weighted by atomic mass is 9.83. The van der Waals surface area contributed by atoms with Gasteiger partial charge in [-0.15, -0.1) is 0 Å². The predicted molar refractivity (Wildman–Crippen MR) is 121 cm³/mol. The fourth-order valence-corrected chi connectivity index (χ4v) is 4.75. The van der Waals surface area contributed by atoms with Crippen LogP contribution in [0.25, 0.3) is 5.70 Å². The smallest absolute Gasteiger partial charge is 0.226 e. The van der Waals surface area contributed by atoms with Gasteiger partial charge in [0.05, 0.1) is 5.70 Å². The third-order valence-electron chi connectivity index (χ3n) is 6.05. The number of benzene rings is 3. The van der Waals surface area contributed by atoms with E-state index in [4.69, 9.17) is 16.3 Å². The van der Waals surface area contributed by atoms with Crippen LogP contribution in [0.3, 0.4) is 0 Å². The van der Waals surface area contributed by atoms with E-state index in [0.29, 0.717) is 22.3 Å². The number of hydrogen-bond acceptors (Lipinski definition) is 4. The summed E-state index contributed by atoms with van der Waals surface area (Å²) in [5.74, 6) is 0.927. The molecular formula is C25H18ClFN4O. The highest BCUT2D eigenvalue weighted by Crippen LogP contribution is 2.51. The normalized spacial score (nSPS) is 18.8. The van der Waals surface area contributed by atoms with E-state index in [2.05, 4.69) is 15.4 Å². The van der Waals surface area contributed by atoms with Crippen LogP contribution in [0, 0.1) is 12.7 Å². The highest BCUT2D eigenvalue weighted by atomic mass is 35.5. The Bertz CT molecular complexity index is 1400. The second-order valence-corrected chi connectivity index (χ2v) is 8.34. The van der Waals surface area contributed by atoms with Gasteiger partial charge in [-0.05, 0) is 42.3 Å². The van der Waals surface area contributed by atoms with Crippen molar-refractivity contribution >= 4 is 23.2 Å². The van der Waals surface area contributed by atoms with Gasteiger partial charge in [-0.2, -0.15) is 10.1 Å². The Kier molecular flexibility index (Phi) is 4.30. The fraction of sp³-hybridized carbons (Fsp3) is 0.120. The van der Waals surface area contributed by atoms with Gasteiger partial charge < -0.3 is 10.1 Å². The van der Waals surface area contributed by atoms with Crippen molar-refractivity contribution in [3.05, 3.63) is 112 Å². The topological polar surface area (TPSA) is 52.0 Å². The van der Waals surface area contributed by atoms with Crippen molar-refractivity contribution in [1.29, 1.82) is 0 Å². The Morgan fingerprint density at radius 2 is 1.81 bits per heavy atom. The third kappa shape index (κ3) is 2.83. The molecule has 6 rings (SSSR count). The summed E-state index contributed by atoms with van der Waals surface area (Å²) in [4.78, 5) is 4.37. The lowest BCUT2D eigenvalue weighted by Gasteiger charge is -2.39. The van der Waals surface area contributed by atoms with Crippen LogP contribution in [0.15, 0.2) is 78.6 Å². The van der Waals surface area contributed by atoms with Crippen LogP contribution in [-0.2, 0) is 0 Å². The molecule has 32 heavy (non-hydrogen) atoms. The molecule has 3 heterocycles. The molecule has 0 radical (unpaired) electrons. The second-order valence-electron chi connectivity index (χ2n) is 7.90. The lowest BCUT2D eigenvalue weighted by Crippen LogP contribution is -2.33. The molecule has 0 spiro atoms. The maximum atomic E-state index is 15.1. The first-order valence-corrected chi connectivity index (χ1v) is 10.7. The molecule has 2 aliphatic rings. The number of hydrogen-bond donors (Lipinski definition) is 1. The molecule has 0 unspecified atom stereocenters. The monoisotopic (exact) mass is 444 g/mol. The molecule has 0 saturated heterocycles. The summed E-state index contributed by atoms with van der Waals surface area (Å²) in [7, 11) is 0. The summed E-state index contributed by atoms with van der Waals surface area (Å²) in [6.45, 7) is 2.05. The summed E-state index contributed by atoms with van der Waals surface area (Å²) in [5.41, 5.74) is 5.08. The number of ether oxygens (including phenoxy) is 1. The Labute approximate surface area is 189 Å². The standard InChI is InChI=1S/C25H18ClFN4O/c1-14-6-2-3-7-16(14)24-21-22(18-12-15(26)10-11-20(18)32-24)30-25-28-13-29-31(25)23(21)17-8-4-5-9-19(17)27/h2-13,23-24H,1H3,(H,28,29,30)/t23-,24+/m1/s1. The lowest BCUT2D eigenvalue weighted by molar-refractivity contribution is 0.221. The van der Waals surface area contributed by atoms with Gasteiger partial charge in [0.2, 0.25) is 5.95 Å². The maximum Gasteiger partial charge on any atom is 0.226 e. The van der Waals surface area contributed by atoms with E-state index in [1.54, 1.807) is 22.9 Å². The summed E-state index contributed by atoms with van der Waals surface area (Å²) < 4.78 is 23.4. The van der Waals surface area contributed by atoms with E-state index in [1.807, 2.05) is 49.4 Å². The fourth-order valence-electron chi connectivity index (χ4n) is 4.58. The van der Waals surface area contributed by atoms with E-state index in [9.17, 15) is 0 Å². The van der Waals surface area contributed by atoms with Gasteiger partial charge in [0, 0.05) is 21.7 Å². The number of rotatable bonds is 2. The van der Waals surface area contributed by atoms with Crippen LogP contribution < -0.4 is 10.1 Å². The van der Waals surface area contributed by atoms with Gasteiger partial charge in [-0.3, -0.25) is 0 Å². The number of fused-ring (bicyclic) bond motifs is 3. The van der Waals surface area contributed by atoms with E-state index >= 15 is 4.39 Å². The molecule has 2 atom stereocenters. The molecule has 0 saturated carbocycles. The Balaban J connectivity index is 1.68. The quantitative estimate of drug-likeness (QED) is 0.415. The van der Waals surface area contributed by atoms with Crippen molar-refractivity contribution in [2.45, 2.75) is 19.1 Å². The predicted octanol–water partition coefficient (Wildman–Crippen LogP) is 5.94. The first kappa shape index (κ1) is 19.1. The van der Waals surface area contributed by atoms with Crippen molar-refractivity contribution in [3.63, 3.8) is 0 Å². The zero-order valence-electron chi connectivity index (χ0n) is 17.1. The Morgan fingerprint density at radius 3 is 2.62 bits per heavy atom. The van der Waals surface area contributed by atoms with E-state index < -0.39 is 12.1 Å². The zero-order valence-corrected chi connectivity index (χ0v) is 17.8. The number of nitrogens with zero attached hydrogens (tertiary/aromatic N) is 3. The van der Waals surface area contributed by atoms with Crippen LogP contribution in [-0.4, -0.2) is 14.8 Å². The van der Waals surface area contributed by atoms with Crippen molar-refractivity contribution in [2.24, 2.45) is 0 Å². The van der Waals surface area contributed by atoms with Gasteiger partial charge in [-0.1, -0.05) is 54.1 Å². The van der Waals surface area contributed by atoms with Crippen molar-refractivity contribution in [1.82, 2.24) is 14.8 Å². The molecule has 158 valence electrons. The summed E-state index contributed by atoms with van der Waals surface area (Å²) in [6.07, 6.45) is 1.02. The Morgan fingerprint density at radius 1 is 1.03 bits per heavy atom. The van der Waals surface area contributed by atoms with Crippen LogP contribution in [0.2, 0.25) is 5.02 Å². The summed E-state index contributed by atoms with van der Waals surface area (Å²) in [5, 5.41) is 8.43. The molecule has 0 aliphatic carbocycles. The molecule has 4 aromatic rings. The highest BCUT2D eigenvalue weighted by molar-refractivity contribution is 6.30. The minimum Gasteiger partial charge on any atom is -0.480 e. The minimum atomic E-state index is -0.540. The van der Waals surface area contributed by atoms with Gasteiger partial charge in [0.1, 0.15) is 30.0 Å². The van der Waals surface area contributed by atoms with Crippen molar-refractivity contribution in [2.75, 3.05) is 5.32 Å². The van der Waals surface area contributed by atoms with E-state index in [0.717, 1.165) is 28.0 Å². The maximum absolute atomic E-state index is 15.1. The third-order valence-corrected chi connectivity index (χ3v) is 6.28. The number of aromatic nitrogens is 3. The number of aryl methyl sites for hydroxylation is 1. The number of halogens is 2. The van der Waals surface area contributed by atoms with Gasteiger partial charge in [-0.25, -0.2) is 9.07 Å². The van der Waals surface area contributed by atoms with Crippen molar-refractivity contribution < 1.29 is 9.13 Å². The average Bonchev–Trinajstić information content (AvgIpc) is 3.27. The molecule has 0 fully saturated rings. The zero-order chi connectivity index (χ0) is 21.8. The molecule has 3 aromatic carbocycles. The van der Waals surface area contributed by atoms with E-state index in [1.165, 1.54) is 12.4 Å². The molecule has 7 heteroatoms. The molecule has 5 nitrogen and oxygen atoms in total. The first-order valence-electron chi connectivity index (χ1n) is 10.3. The molecule has 1 aromatic heterocycles. The van der Waals surface area contributed by atoms with Gasteiger partial charge >= 0.3 is 0 Å². The highest BCUT2D eigenvalue weighted by Gasteiger charge is 2.42. The van der Waals surface area contributed by atoms with Crippen LogP contribution >= 0.6 is 11.6 Å². The number of anilines is 1. The average molecular weight is 445 g/mol. The van der Waals surface area contributed by atoms with Crippen LogP contribution in [0.1, 0.15) is 34.4 Å². The summed E-state index contributed by atoms with van der Waals surface area (Å²) in [6, 6.07) is 19.8. The molecule has 0 amide bonds. The molecule has 1 N–H and O–H groups in total. The second kappa shape index (κ2) is 7.21. The largest absolute Gasteiger partial charge is 0.480 e.